The Hall–Kier alpha value is -2.29. The lowest BCUT2D eigenvalue weighted by Gasteiger charge is -2.17. The molecule has 1 atom stereocenters. The van der Waals surface area contributed by atoms with Gasteiger partial charge in [-0.3, -0.25) is 4.79 Å². The Morgan fingerprint density at radius 2 is 1.80 bits per heavy atom. The number of fused-ring (bicyclic) bond motifs is 1. The van der Waals surface area contributed by atoms with Crippen LogP contribution in [0.2, 0.25) is 0 Å². The van der Waals surface area contributed by atoms with Crippen molar-refractivity contribution in [2.24, 2.45) is 0 Å². The first-order valence-corrected chi connectivity index (χ1v) is 9.28. The number of aryl methyl sites for hydroxylation is 3. The van der Waals surface area contributed by atoms with Crippen molar-refractivity contribution in [2.75, 3.05) is 6.61 Å². The minimum Gasteiger partial charge on any atom is -0.484 e. The van der Waals surface area contributed by atoms with E-state index in [9.17, 15) is 4.79 Å². The SMILES string of the molecule is CCc1ccc([C@@H](C)NC(=O)COc2ccc3c(c2)CCCC3)cc1. The van der Waals surface area contributed by atoms with Gasteiger partial charge in [-0.1, -0.05) is 37.3 Å². The summed E-state index contributed by atoms with van der Waals surface area (Å²) in [6, 6.07) is 14.6. The number of benzene rings is 2. The van der Waals surface area contributed by atoms with Crippen LogP contribution in [0.5, 0.6) is 5.75 Å². The van der Waals surface area contributed by atoms with Gasteiger partial charge in [0, 0.05) is 0 Å². The molecule has 0 aliphatic heterocycles. The van der Waals surface area contributed by atoms with Gasteiger partial charge in [0.2, 0.25) is 0 Å². The molecule has 2 aromatic rings. The van der Waals surface area contributed by atoms with Crippen molar-refractivity contribution in [3.63, 3.8) is 0 Å². The van der Waals surface area contributed by atoms with Crippen LogP contribution in [0.15, 0.2) is 42.5 Å². The predicted molar refractivity (Wildman–Crippen MR) is 101 cm³/mol. The van der Waals surface area contributed by atoms with Gasteiger partial charge >= 0.3 is 0 Å². The highest BCUT2D eigenvalue weighted by atomic mass is 16.5. The minimum absolute atomic E-state index is 0.0226. The van der Waals surface area contributed by atoms with E-state index in [0.717, 1.165) is 30.6 Å². The molecule has 1 N–H and O–H groups in total. The summed E-state index contributed by atoms with van der Waals surface area (Å²) >= 11 is 0. The summed E-state index contributed by atoms with van der Waals surface area (Å²) in [4.78, 5) is 12.2. The molecule has 0 saturated carbocycles. The molecule has 0 aromatic heterocycles. The van der Waals surface area contributed by atoms with E-state index in [4.69, 9.17) is 4.74 Å². The summed E-state index contributed by atoms with van der Waals surface area (Å²) in [5.41, 5.74) is 5.21. The average molecular weight is 337 g/mol. The summed E-state index contributed by atoms with van der Waals surface area (Å²) in [5.74, 6) is 0.695. The molecule has 3 nitrogen and oxygen atoms in total. The molecule has 0 spiro atoms. The molecule has 0 radical (unpaired) electrons. The van der Waals surface area contributed by atoms with Gasteiger partial charge in [-0.25, -0.2) is 0 Å². The van der Waals surface area contributed by atoms with Gasteiger partial charge in [0.05, 0.1) is 6.04 Å². The maximum Gasteiger partial charge on any atom is 0.258 e. The second-order valence-electron chi connectivity index (χ2n) is 6.81. The lowest BCUT2D eigenvalue weighted by Crippen LogP contribution is -2.31. The van der Waals surface area contributed by atoms with Crippen molar-refractivity contribution in [1.29, 1.82) is 0 Å². The highest BCUT2D eigenvalue weighted by molar-refractivity contribution is 5.78. The summed E-state index contributed by atoms with van der Waals surface area (Å²) < 4.78 is 5.70. The zero-order valence-corrected chi connectivity index (χ0v) is 15.2. The van der Waals surface area contributed by atoms with E-state index in [1.807, 2.05) is 13.0 Å². The number of hydrogen-bond donors (Lipinski definition) is 1. The van der Waals surface area contributed by atoms with E-state index in [-0.39, 0.29) is 18.6 Å². The third kappa shape index (κ3) is 4.62. The van der Waals surface area contributed by atoms with Crippen molar-refractivity contribution in [1.82, 2.24) is 5.32 Å². The van der Waals surface area contributed by atoms with Gasteiger partial charge in [0.25, 0.3) is 5.91 Å². The molecule has 0 fully saturated rings. The first-order valence-electron chi connectivity index (χ1n) is 9.28. The van der Waals surface area contributed by atoms with Crippen LogP contribution in [0.1, 0.15) is 55.0 Å². The van der Waals surface area contributed by atoms with Crippen LogP contribution in [0.4, 0.5) is 0 Å². The van der Waals surface area contributed by atoms with E-state index in [1.54, 1.807) is 0 Å². The summed E-state index contributed by atoms with van der Waals surface area (Å²) in [6.07, 6.45) is 5.81. The van der Waals surface area contributed by atoms with Crippen LogP contribution in [0.3, 0.4) is 0 Å². The number of nitrogens with one attached hydrogen (secondary N) is 1. The fourth-order valence-corrected chi connectivity index (χ4v) is 3.36. The van der Waals surface area contributed by atoms with E-state index in [2.05, 4.69) is 48.6 Å². The van der Waals surface area contributed by atoms with Crippen LogP contribution in [0, 0.1) is 0 Å². The highest BCUT2D eigenvalue weighted by Gasteiger charge is 2.12. The maximum atomic E-state index is 12.2. The van der Waals surface area contributed by atoms with E-state index >= 15 is 0 Å². The monoisotopic (exact) mass is 337 g/mol. The number of ether oxygens (including phenoxy) is 1. The van der Waals surface area contributed by atoms with Gasteiger partial charge in [0.1, 0.15) is 5.75 Å². The number of hydrogen-bond acceptors (Lipinski definition) is 2. The molecule has 0 saturated heterocycles. The molecule has 0 unspecified atom stereocenters. The van der Waals surface area contributed by atoms with Crippen molar-refractivity contribution in [3.8, 4) is 5.75 Å². The summed E-state index contributed by atoms with van der Waals surface area (Å²) in [5, 5.41) is 3.00. The topological polar surface area (TPSA) is 38.3 Å². The molecule has 0 bridgehead atoms. The molecular weight excluding hydrogens is 310 g/mol. The molecule has 1 aliphatic carbocycles. The van der Waals surface area contributed by atoms with Crippen molar-refractivity contribution >= 4 is 5.91 Å². The summed E-state index contributed by atoms with van der Waals surface area (Å²) in [6.45, 7) is 4.19. The van der Waals surface area contributed by atoms with Crippen molar-refractivity contribution in [2.45, 2.75) is 52.0 Å². The van der Waals surface area contributed by atoms with Crippen LogP contribution in [0.25, 0.3) is 0 Å². The fourth-order valence-electron chi connectivity index (χ4n) is 3.36. The number of carbonyl (C=O) groups is 1. The largest absolute Gasteiger partial charge is 0.484 e. The number of rotatable bonds is 6. The normalized spacial score (nSPS) is 14.5. The zero-order chi connectivity index (χ0) is 17.6. The Balaban J connectivity index is 1.52. The summed E-state index contributed by atoms with van der Waals surface area (Å²) in [7, 11) is 0. The van der Waals surface area contributed by atoms with Gasteiger partial charge in [-0.05, 0) is 73.4 Å². The molecule has 2 aromatic carbocycles. The smallest absolute Gasteiger partial charge is 0.258 e. The lowest BCUT2D eigenvalue weighted by atomic mass is 9.92. The van der Waals surface area contributed by atoms with Gasteiger partial charge in [0.15, 0.2) is 6.61 Å². The Kier molecular flexibility index (Phi) is 5.75. The molecule has 1 amide bonds. The fraction of sp³-hybridized carbons (Fsp3) is 0.409. The van der Waals surface area contributed by atoms with E-state index in [0.29, 0.717) is 0 Å². The molecule has 132 valence electrons. The Morgan fingerprint density at radius 3 is 2.52 bits per heavy atom. The Labute approximate surface area is 150 Å². The van der Waals surface area contributed by atoms with E-state index in [1.165, 1.54) is 29.5 Å². The number of carbonyl (C=O) groups excluding carboxylic acids is 1. The van der Waals surface area contributed by atoms with Crippen LogP contribution < -0.4 is 10.1 Å². The standard InChI is InChI=1S/C22H27NO2/c1-3-17-8-10-18(11-9-17)16(2)23-22(24)15-25-21-13-12-19-6-4-5-7-20(19)14-21/h8-14,16H,3-7,15H2,1-2H3,(H,23,24)/t16-/m1/s1. The molecular formula is C22H27NO2. The minimum atomic E-state index is -0.0928. The second kappa shape index (κ2) is 8.19. The first kappa shape index (κ1) is 17.5. The third-order valence-electron chi connectivity index (χ3n) is 4.96. The van der Waals surface area contributed by atoms with Crippen molar-refractivity contribution in [3.05, 3.63) is 64.7 Å². The first-order chi connectivity index (χ1) is 12.2. The predicted octanol–water partition coefficient (Wildman–Crippen LogP) is 4.38. The highest BCUT2D eigenvalue weighted by Crippen LogP contribution is 2.25. The van der Waals surface area contributed by atoms with Crippen molar-refractivity contribution < 1.29 is 9.53 Å². The third-order valence-corrected chi connectivity index (χ3v) is 4.96. The van der Waals surface area contributed by atoms with Crippen LogP contribution in [-0.2, 0) is 24.1 Å². The lowest BCUT2D eigenvalue weighted by molar-refractivity contribution is -0.123. The van der Waals surface area contributed by atoms with Crippen LogP contribution in [-0.4, -0.2) is 12.5 Å². The van der Waals surface area contributed by atoms with Crippen LogP contribution >= 0.6 is 0 Å². The molecule has 0 heterocycles. The van der Waals surface area contributed by atoms with E-state index < -0.39 is 0 Å². The molecule has 1 aliphatic rings. The average Bonchev–Trinajstić information content (AvgIpc) is 2.66. The van der Waals surface area contributed by atoms with Gasteiger partial charge < -0.3 is 10.1 Å². The van der Waals surface area contributed by atoms with Gasteiger partial charge in [-0.2, -0.15) is 0 Å². The maximum absolute atomic E-state index is 12.2. The Morgan fingerprint density at radius 1 is 1.08 bits per heavy atom. The molecule has 25 heavy (non-hydrogen) atoms. The Bertz CT molecular complexity index is 721. The van der Waals surface area contributed by atoms with Gasteiger partial charge in [-0.15, -0.1) is 0 Å². The second-order valence-corrected chi connectivity index (χ2v) is 6.81. The quantitative estimate of drug-likeness (QED) is 0.849. The number of amides is 1. The molecule has 3 rings (SSSR count). The zero-order valence-electron chi connectivity index (χ0n) is 15.2. The molecule has 3 heteroatoms.